The standard InChI is InChI=1S/C15H17F3N4O3S/c1-21(7-11-19-4-5-22(11)9-15(16,17)18)8-12(23)20-10-3-6-26-13(10)14(24)25-2/h3-6H,7-9H2,1-2H3,(H,20,23). The number of ether oxygens (including phenoxy) is 1. The average molecular weight is 390 g/mol. The second-order valence-electron chi connectivity index (χ2n) is 5.46. The second-order valence-corrected chi connectivity index (χ2v) is 6.38. The minimum Gasteiger partial charge on any atom is -0.465 e. The molecule has 0 aliphatic rings. The third kappa shape index (κ3) is 5.56. The van der Waals surface area contributed by atoms with E-state index in [0.29, 0.717) is 5.69 Å². The first-order valence-corrected chi connectivity index (χ1v) is 8.28. The quantitative estimate of drug-likeness (QED) is 0.735. The molecule has 2 aromatic heterocycles. The first-order chi connectivity index (χ1) is 12.2. The van der Waals surface area contributed by atoms with Crippen molar-refractivity contribution in [3.05, 3.63) is 34.5 Å². The summed E-state index contributed by atoms with van der Waals surface area (Å²) in [4.78, 5) is 29.4. The first kappa shape index (κ1) is 19.9. The van der Waals surface area contributed by atoms with E-state index in [4.69, 9.17) is 0 Å². The molecule has 2 aromatic rings. The minimum absolute atomic E-state index is 0.0595. The van der Waals surface area contributed by atoms with Crippen LogP contribution in [0.25, 0.3) is 0 Å². The van der Waals surface area contributed by atoms with E-state index in [-0.39, 0.29) is 23.8 Å². The van der Waals surface area contributed by atoms with Crippen molar-refractivity contribution in [1.82, 2.24) is 14.5 Å². The van der Waals surface area contributed by atoms with E-state index in [1.165, 1.54) is 24.4 Å². The number of hydrogen-bond acceptors (Lipinski definition) is 6. The molecule has 0 aliphatic heterocycles. The number of hydrogen-bond donors (Lipinski definition) is 1. The van der Waals surface area contributed by atoms with Crippen LogP contribution < -0.4 is 5.32 Å². The van der Waals surface area contributed by atoms with Crippen molar-refractivity contribution in [2.24, 2.45) is 0 Å². The summed E-state index contributed by atoms with van der Waals surface area (Å²) in [6.07, 6.45) is -1.83. The summed E-state index contributed by atoms with van der Waals surface area (Å²) in [7, 11) is 2.82. The number of nitrogens with zero attached hydrogens (tertiary/aromatic N) is 3. The SMILES string of the molecule is COC(=O)c1sccc1NC(=O)CN(C)Cc1nccn1CC(F)(F)F. The summed E-state index contributed by atoms with van der Waals surface area (Å²) in [5.41, 5.74) is 0.332. The molecule has 2 rings (SSSR count). The normalized spacial score (nSPS) is 11.6. The number of rotatable bonds is 7. The summed E-state index contributed by atoms with van der Waals surface area (Å²) in [5, 5.41) is 4.23. The molecule has 1 amide bonds. The van der Waals surface area contributed by atoms with Crippen LogP contribution in [0.15, 0.2) is 23.8 Å². The van der Waals surface area contributed by atoms with Gasteiger partial charge in [0.2, 0.25) is 5.91 Å². The minimum atomic E-state index is -4.35. The van der Waals surface area contributed by atoms with Gasteiger partial charge in [0.25, 0.3) is 0 Å². The third-order valence-electron chi connectivity index (χ3n) is 3.29. The number of alkyl halides is 3. The number of methoxy groups -OCH3 is 1. The number of carbonyl (C=O) groups is 2. The Bertz CT molecular complexity index is 772. The fourth-order valence-electron chi connectivity index (χ4n) is 2.22. The molecule has 1 N–H and O–H groups in total. The van der Waals surface area contributed by atoms with Crippen LogP contribution in [0.5, 0.6) is 0 Å². The Morgan fingerprint density at radius 1 is 1.42 bits per heavy atom. The molecule has 0 saturated heterocycles. The van der Waals surface area contributed by atoms with E-state index in [2.05, 4.69) is 15.0 Å². The summed E-state index contributed by atoms with van der Waals surface area (Å²) in [6, 6.07) is 1.57. The number of anilines is 1. The van der Waals surface area contributed by atoms with Crippen molar-refractivity contribution in [1.29, 1.82) is 0 Å². The van der Waals surface area contributed by atoms with E-state index in [0.717, 1.165) is 15.9 Å². The molecule has 7 nitrogen and oxygen atoms in total. The number of thiophene rings is 1. The van der Waals surface area contributed by atoms with E-state index in [1.54, 1.807) is 18.5 Å². The Kier molecular flexibility index (Phi) is 6.37. The molecule has 0 atom stereocenters. The maximum atomic E-state index is 12.5. The molecule has 0 saturated carbocycles. The fraction of sp³-hybridized carbons (Fsp3) is 0.400. The van der Waals surface area contributed by atoms with Gasteiger partial charge in [-0.05, 0) is 18.5 Å². The number of nitrogens with one attached hydrogen (secondary N) is 1. The van der Waals surface area contributed by atoms with Gasteiger partial charge in [-0.1, -0.05) is 0 Å². The van der Waals surface area contributed by atoms with E-state index in [1.807, 2.05) is 0 Å². The number of carbonyl (C=O) groups excluding carboxylic acids is 2. The molecule has 0 aromatic carbocycles. The molecule has 142 valence electrons. The molecule has 0 aliphatic carbocycles. The van der Waals surface area contributed by atoms with E-state index in [9.17, 15) is 22.8 Å². The summed E-state index contributed by atoms with van der Waals surface area (Å²) in [6.45, 7) is -1.17. The first-order valence-electron chi connectivity index (χ1n) is 7.40. The third-order valence-corrected chi connectivity index (χ3v) is 4.18. The monoisotopic (exact) mass is 390 g/mol. The molecular formula is C15H17F3N4O3S. The predicted molar refractivity (Wildman–Crippen MR) is 88.9 cm³/mol. The number of halogens is 3. The van der Waals surface area contributed by atoms with Crippen molar-refractivity contribution in [2.75, 3.05) is 26.0 Å². The van der Waals surface area contributed by atoms with Crippen molar-refractivity contribution in [3.8, 4) is 0 Å². The number of likely N-dealkylation sites (N-methyl/N-ethyl adjacent to an activating group) is 1. The molecular weight excluding hydrogens is 373 g/mol. The Labute approximate surface area is 151 Å². The highest BCUT2D eigenvalue weighted by molar-refractivity contribution is 7.12. The lowest BCUT2D eigenvalue weighted by atomic mass is 10.3. The van der Waals surface area contributed by atoms with Gasteiger partial charge < -0.3 is 14.6 Å². The zero-order valence-electron chi connectivity index (χ0n) is 14.0. The Hall–Kier alpha value is -2.40. The fourth-order valence-corrected chi connectivity index (χ4v) is 2.99. The van der Waals surface area contributed by atoms with Crippen LogP contribution in [0.4, 0.5) is 18.9 Å². The van der Waals surface area contributed by atoms with E-state index < -0.39 is 24.6 Å². The van der Waals surface area contributed by atoms with Crippen LogP contribution in [-0.4, -0.2) is 53.2 Å². The van der Waals surface area contributed by atoms with Gasteiger partial charge in [0, 0.05) is 12.4 Å². The smallest absolute Gasteiger partial charge is 0.406 e. The lowest BCUT2D eigenvalue weighted by Crippen LogP contribution is -2.31. The van der Waals surface area contributed by atoms with Crippen LogP contribution in [0.2, 0.25) is 0 Å². The second kappa shape index (κ2) is 8.32. The number of imidazole rings is 1. The lowest BCUT2D eigenvalue weighted by molar-refractivity contribution is -0.141. The summed E-state index contributed by atoms with van der Waals surface area (Å²) in [5.74, 6) is -0.772. The number of aromatic nitrogens is 2. The zero-order chi connectivity index (χ0) is 19.3. The zero-order valence-corrected chi connectivity index (χ0v) is 14.9. The molecule has 0 bridgehead atoms. The Morgan fingerprint density at radius 3 is 2.81 bits per heavy atom. The highest BCUT2D eigenvalue weighted by atomic mass is 32.1. The van der Waals surface area contributed by atoms with Crippen LogP contribution in [0.3, 0.4) is 0 Å². The average Bonchev–Trinajstić information content (AvgIpc) is 3.14. The van der Waals surface area contributed by atoms with Gasteiger partial charge in [0.1, 0.15) is 17.2 Å². The van der Waals surface area contributed by atoms with Gasteiger partial charge in [-0.2, -0.15) is 13.2 Å². The van der Waals surface area contributed by atoms with Crippen molar-refractivity contribution in [3.63, 3.8) is 0 Å². The molecule has 2 heterocycles. The largest absolute Gasteiger partial charge is 0.465 e. The maximum absolute atomic E-state index is 12.5. The van der Waals surface area contributed by atoms with Crippen LogP contribution >= 0.6 is 11.3 Å². The summed E-state index contributed by atoms with van der Waals surface area (Å²) >= 11 is 1.13. The van der Waals surface area contributed by atoms with Gasteiger partial charge in [-0.25, -0.2) is 9.78 Å². The van der Waals surface area contributed by atoms with Gasteiger partial charge in [-0.3, -0.25) is 9.69 Å². The van der Waals surface area contributed by atoms with E-state index >= 15 is 0 Å². The van der Waals surface area contributed by atoms with Crippen molar-refractivity contribution in [2.45, 2.75) is 19.3 Å². The molecule has 11 heteroatoms. The Morgan fingerprint density at radius 2 is 2.15 bits per heavy atom. The van der Waals surface area contributed by atoms with Crippen LogP contribution in [0, 0.1) is 0 Å². The molecule has 0 unspecified atom stereocenters. The van der Waals surface area contributed by atoms with Crippen molar-refractivity contribution < 1.29 is 27.5 Å². The molecule has 0 radical (unpaired) electrons. The van der Waals surface area contributed by atoms with Crippen LogP contribution in [0.1, 0.15) is 15.5 Å². The Balaban J connectivity index is 1.93. The molecule has 26 heavy (non-hydrogen) atoms. The topological polar surface area (TPSA) is 76.5 Å². The highest BCUT2D eigenvalue weighted by Gasteiger charge is 2.29. The molecule has 0 fully saturated rings. The maximum Gasteiger partial charge on any atom is 0.406 e. The van der Waals surface area contributed by atoms with Gasteiger partial charge >= 0.3 is 12.1 Å². The number of amides is 1. The molecule has 0 spiro atoms. The van der Waals surface area contributed by atoms with Gasteiger partial charge in [0.15, 0.2) is 0 Å². The number of esters is 1. The van der Waals surface area contributed by atoms with Gasteiger partial charge in [-0.15, -0.1) is 11.3 Å². The predicted octanol–water partition coefficient (Wildman–Crippen LogP) is 2.36. The highest BCUT2D eigenvalue weighted by Crippen LogP contribution is 2.23. The van der Waals surface area contributed by atoms with Gasteiger partial charge in [0.05, 0.1) is 25.9 Å². The lowest BCUT2D eigenvalue weighted by Gasteiger charge is -2.17. The van der Waals surface area contributed by atoms with Crippen molar-refractivity contribution >= 4 is 28.9 Å². The van der Waals surface area contributed by atoms with Crippen LogP contribution in [-0.2, 0) is 22.6 Å². The summed E-state index contributed by atoms with van der Waals surface area (Å²) < 4.78 is 43.2.